The monoisotopic (exact) mass is 454 g/mol. The van der Waals surface area contributed by atoms with Crippen LogP contribution in [0, 0.1) is 5.92 Å². The fourth-order valence-electron chi connectivity index (χ4n) is 4.27. The fraction of sp³-hybridized carbons (Fsp3) is 0.632. The fourth-order valence-corrected chi connectivity index (χ4v) is 4.27. The highest BCUT2D eigenvalue weighted by atomic mass is 19.4. The van der Waals surface area contributed by atoms with Crippen LogP contribution in [0.15, 0.2) is 18.2 Å². The van der Waals surface area contributed by atoms with Gasteiger partial charge in [0.15, 0.2) is 0 Å². The number of halogens is 6. The lowest BCUT2D eigenvalue weighted by Gasteiger charge is -2.51. The van der Waals surface area contributed by atoms with Gasteiger partial charge in [-0.25, -0.2) is 4.79 Å². The molecule has 2 saturated heterocycles. The summed E-state index contributed by atoms with van der Waals surface area (Å²) in [5.74, 6) is -0.0687. The summed E-state index contributed by atoms with van der Waals surface area (Å²) < 4.78 is 87.9. The Kier molecular flexibility index (Phi) is 5.38. The first kappa shape index (κ1) is 22.2. The number of cyclic esters (lactones) is 1. The second kappa shape index (κ2) is 7.52. The maximum absolute atomic E-state index is 12.9. The molecule has 2 heterocycles. The smallest absolute Gasteiger partial charge is 0.416 e. The first-order valence-corrected chi connectivity index (χ1v) is 9.62. The zero-order valence-corrected chi connectivity index (χ0v) is 16.1. The number of alkyl carbamates (subject to hydrolysis) is 1. The molecule has 1 saturated carbocycles. The van der Waals surface area contributed by atoms with Crippen molar-refractivity contribution in [3.05, 3.63) is 34.9 Å². The minimum absolute atomic E-state index is 0.0687. The van der Waals surface area contributed by atoms with Gasteiger partial charge in [0.2, 0.25) is 0 Å². The zero-order valence-electron chi connectivity index (χ0n) is 16.1. The molecule has 172 valence electrons. The molecule has 3 aliphatic rings. The Hall–Kier alpha value is -2.05. The number of hydrogen-bond donors (Lipinski definition) is 2. The standard InChI is InChI=1S/C19H20F6N2O4/c20-18(21,22)12-1-10(2-13(3-12)19(23,24)25)8-30-14-6-27(7-14)15(28)11-4-17(5-11)9-31-16(29)26-17/h1-3,11,14-15,28H,4-9H2,(H,26,29). The Morgan fingerprint density at radius 2 is 1.71 bits per heavy atom. The van der Waals surface area contributed by atoms with Gasteiger partial charge in [0.1, 0.15) is 12.8 Å². The highest BCUT2D eigenvalue weighted by Gasteiger charge is 2.54. The van der Waals surface area contributed by atoms with Gasteiger partial charge >= 0.3 is 18.4 Å². The second-order valence-electron chi connectivity index (χ2n) is 8.36. The normalized spacial score (nSPS) is 28.1. The molecule has 4 rings (SSSR count). The molecule has 1 spiro atoms. The van der Waals surface area contributed by atoms with E-state index in [0.717, 1.165) is 0 Å². The highest BCUT2D eigenvalue weighted by molar-refractivity contribution is 5.71. The molecule has 6 nitrogen and oxygen atoms in total. The minimum Gasteiger partial charge on any atom is -0.447 e. The molecule has 1 aliphatic carbocycles. The lowest BCUT2D eigenvalue weighted by atomic mass is 9.67. The summed E-state index contributed by atoms with van der Waals surface area (Å²) in [4.78, 5) is 12.9. The molecule has 12 heteroatoms. The van der Waals surface area contributed by atoms with Crippen molar-refractivity contribution in [1.82, 2.24) is 10.2 Å². The van der Waals surface area contributed by atoms with Crippen LogP contribution in [0.5, 0.6) is 0 Å². The SMILES string of the molecule is O=C1NC2(CO1)CC(C(O)N1CC(OCc3cc(C(F)(F)F)cc(C(F)(F)F)c3)C1)C2. The van der Waals surface area contributed by atoms with Crippen molar-refractivity contribution in [3.8, 4) is 0 Å². The molecule has 1 unspecified atom stereocenters. The van der Waals surface area contributed by atoms with E-state index in [2.05, 4.69) is 5.32 Å². The van der Waals surface area contributed by atoms with Gasteiger partial charge in [0.25, 0.3) is 0 Å². The van der Waals surface area contributed by atoms with E-state index in [4.69, 9.17) is 9.47 Å². The van der Waals surface area contributed by atoms with E-state index in [1.165, 1.54) is 0 Å². The molecule has 1 atom stereocenters. The van der Waals surface area contributed by atoms with E-state index in [1.54, 1.807) is 4.90 Å². The van der Waals surface area contributed by atoms with Crippen LogP contribution in [0.3, 0.4) is 0 Å². The summed E-state index contributed by atoms with van der Waals surface area (Å²) in [6.45, 7) is 0.465. The number of hydrogen-bond acceptors (Lipinski definition) is 5. The summed E-state index contributed by atoms with van der Waals surface area (Å²) in [7, 11) is 0. The van der Waals surface area contributed by atoms with Crippen molar-refractivity contribution in [2.45, 2.75) is 49.7 Å². The Bertz CT molecular complexity index is 815. The number of benzene rings is 1. The van der Waals surface area contributed by atoms with Crippen LogP contribution in [0.4, 0.5) is 31.1 Å². The minimum atomic E-state index is -4.91. The third kappa shape index (κ3) is 4.60. The maximum atomic E-state index is 12.9. The Balaban J connectivity index is 1.28. The molecule has 31 heavy (non-hydrogen) atoms. The van der Waals surface area contributed by atoms with Gasteiger partial charge in [-0.1, -0.05) is 0 Å². The molecule has 0 bridgehead atoms. The predicted octanol–water partition coefficient (Wildman–Crippen LogP) is 3.13. The van der Waals surface area contributed by atoms with Crippen LogP contribution >= 0.6 is 0 Å². The van der Waals surface area contributed by atoms with Gasteiger partial charge in [0, 0.05) is 19.0 Å². The summed E-state index contributed by atoms with van der Waals surface area (Å²) in [5, 5.41) is 13.1. The molecule has 0 radical (unpaired) electrons. The first-order chi connectivity index (χ1) is 14.3. The van der Waals surface area contributed by atoms with Gasteiger partial charge in [-0.2, -0.15) is 26.3 Å². The number of rotatable bonds is 5. The van der Waals surface area contributed by atoms with Crippen molar-refractivity contribution >= 4 is 6.09 Å². The highest BCUT2D eigenvalue weighted by Crippen LogP contribution is 2.43. The second-order valence-corrected chi connectivity index (χ2v) is 8.36. The van der Waals surface area contributed by atoms with Gasteiger partial charge < -0.3 is 19.9 Å². The quantitative estimate of drug-likeness (QED) is 0.670. The lowest BCUT2D eigenvalue weighted by molar-refractivity contribution is -0.166. The average molecular weight is 454 g/mol. The van der Waals surface area contributed by atoms with E-state index >= 15 is 0 Å². The number of carbonyl (C=O) groups is 1. The molecular weight excluding hydrogens is 434 g/mol. The summed E-state index contributed by atoms with van der Waals surface area (Å²) in [5.41, 5.74) is -3.41. The zero-order chi connectivity index (χ0) is 22.6. The van der Waals surface area contributed by atoms with Gasteiger partial charge in [-0.05, 0) is 36.6 Å². The van der Waals surface area contributed by atoms with Crippen LogP contribution in [0.25, 0.3) is 0 Å². The van der Waals surface area contributed by atoms with Crippen LogP contribution in [0.1, 0.15) is 29.5 Å². The van der Waals surface area contributed by atoms with Crippen molar-refractivity contribution in [1.29, 1.82) is 0 Å². The van der Waals surface area contributed by atoms with E-state index < -0.39 is 54.1 Å². The molecule has 3 fully saturated rings. The van der Waals surface area contributed by atoms with Crippen LogP contribution in [0.2, 0.25) is 0 Å². The number of aliphatic hydroxyl groups is 1. The van der Waals surface area contributed by atoms with Crippen LogP contribution in [-0.4, -0.2) is 53.7 Å². The number of aliphatic hydroxyl groups excluding tert-OH is 1. The number of amides is 1. The molecule has 0 aromatic heterocycles. The van der Waals surface area contributed by atoms with E-state index in [1.807, 2.05) is 0 Å². The number of ether oxygens (including phenoxy) is 2. The summed E-state index contributed by atoms with van der Waals surface area (Å²) in [6.07, 6.45) is -10.3. The molecular formula is C19H20F6N2O4. The third-order valence-corrected chi connectivity index (χ3v) is 5.96. The van der Waals surface area contributed by atoms with Crippen LogP contribution < -0.4 is 5.32 Å². The van der Waals surface area contributed by atoms with Crippen molar-refractivity contribution in [3.63, 3.8) is 0 Å². The lowest BCUT2D eigenvalue weighted by Crippen LogP contribution is -2.64. The van der Waals surface area contributed by atoms with E-state index in [9.17, 15) is 36.2 Å². The average Bonchev–Trinajstić information content (AvgIpc) is 2.99. The molecule has 1 aromatic carbocycles. The first-order valence-electron chi connectivity index (χ1n) is 9.62. The summed E-state index contributed by atoms with van der Waals surface area (Å²) in [6, 6.07) is 1.37. The number of likely N-dealkylation sites (tertiary alicyclic amines) is 1. The Labute approximate surface area is 173 Å². The van der Waals surface area contributed by atoms with Gasteiger partial charge in [0.05, 0.1) is 29.4 Å². The number of carbonyl (C=O) groups excluding carboxylic acids is 1. The van der Waals surface area contributed by atoms with Gasteiger partial charge in [-0.3, -0.25) is 4.90 Å². The van der Waals surface area contributed by atoms with Crippen molar-refractivity contribution in [2.24, 2.45) is 5.92 Å². The number of alkyl halides is 6. The van der Waals surface area contributed by atoms with Crippen molar-refractivity contribution < 1.29 is 45.7 Å². The largest absolute Gasteiger partial charge is 0.447 e. The maximum Gasteiger partial charge on any atom is 0.416 e. The predicted molar refractivity (Wildman–Crippen MR) is 92.5 cm³/mol. The Morgan fingerprint density at radius 1 is 1.13 bits per heavy atom. The third-order valence-electron chi connectivity index (χ3n) is 5.96. The van der Waals surface area contributed by atoms with Gasteiger partial charge in [-0.15, -0.1) is 0 Å². The Morgan fingerprint density at radius 3 is 2.19 bits per heavy atom. The van der Waals surface area contributed by atoms with Crippen molar-refractivity contribution in [2.75, 3.05) is 19.7 Å². The molecule has 2 aliphatic heterocycles. The molecule has 2 N–H and O–H groups in total. The summed E-state index contributed by atoms with van der Waals surface area (Å²) >= 11 is 0. The number of nitrogens with zero attached hydrogens (tertiary/aromatic N) is 1. The number of nitrogens with one attached hydrogen (secondary N) is 1. The topological polar surface area (TPSA) is 71.0 Å². The molecule has 1 amide bonds. The van der Waals surface area contributed by atoms with E-state index in [0.29, 0.717) is 38.1 Å². The molecule has 1 aromatic rings. The van der Waals surface area contributed by atoms with Crippen LogP contribution in [-0.2, 0) is 28.4 Å². The van der Waals surface area contributed by atoms with E-state index in [-0.39, 0.29) is 24.2 Å².